The lowest BCUT2D eigenvalue weighted by Gasteiger charge is -2.43. The molecule has 5 heteroatoms. The van der Waals surface area contributed by atoms with Crippen LogP contribution in [0.3, 0.4) is 0 Å². The monoisotopic (exact) mass is 353 g/mol. The smallest absolute Gasteiger partial charge is 0.328 e. The number of ether oxygens (including phenoxy) is 2. The van der Waals surface area contributed by atoms with Crippen molar-refractivity contribution in [3.8, 4) is 0 Å². The van der Waals surface area contributed by atoms with Crippen molar-refractivity contribution >= 4 is 11.9 Å². The van der Waals surface area contributed by atoms with Gasteiger partial charge in [-0.1, -0.05) is 20.8 Å². The number of carbonyl (C=O) groups is 2. The zero-order valence-corrected chi connectivity index (χ0v) is 16.4. The molecule has 0 radical (unpaired) electrons. The molecule has 1 unspecified atom stereocenters. The molecule has 1 aliphatic heterocycles. The maximum absolute atomic E-state index is 12.3. The first-order valence-electron chi connectivity index (χ1n) is 9.76. The largest absolute Gasteiger partial charge is 0.467 e. The second kappa shape index (κ2) is 8.52. The van der Waals surface area contributed by atoms with Gasteiger partial charge >= 0.3 is 5.97 Å². The van der Waals surface area contributed by atoms with Crippen LogP contribution in [0, 0.1) is 11.3 Å². The van der Waals surface area contributed by atoms with Gasteiger partial charge in [-0.25, -0.2) is 4.79 Å². The summed E-state index contributed by atoms with van der Waals surface area (Å²) in [6.45, 7) is 7.20. The van der Waals surface area contributed by atoms with Gasteiger partial charge in [0.15, 0.2) is 0 Å². The molecule has 0 bridgehead atoms. The predicted octanol–water partition coefficient (Wildman–Crippen LogP) is 3.60. The number of esters is 1. The Kier molecular flexibility index (Phi) is 6.89. The third kappa shape index (κ3) is 5.98. The number of amides is 1. The zero-order valence-electron chi connectivity index (χ0n) is 16.4. The number of nitrogens with one attached hydrogen (secondary N) is 1. The van der Waals surface area contributed by atoms with Gasteiger partial charge < -0.3 is 14.8 Å². The van der Waals surface area contributed by atoms with Gasteiger partial charge in [0.05, 0.1) is 12.7 Å². The molecule has 2 aliphatic rings. The average molecular weight is 354 g/mol. The molecule has 25 heavy (non-hydrogen) atoms. The van der Waals surface area contributed by atoms with E-state index in [1.807, 2.05) is 0 Å². The van der Waals surface area contributed by atoms with Gasteiger partial charge in [0.25, 0.3) is 0 Å². The highest BCUT2D eigenvalue weighted by atomic mass is 16.5. The molecular weight excluding hydrogens is 318 g/mol. The SMILES string of the molecule is COC(=O)C(NC(=O)CCC(C)(C)C)C1CCC2(CCCCO2)CC1. The van der Waals surface area contributed by atoms with Gasteiger partial charge in [0, 0.05) is 13.0 Å². The standard InChI is InChI=1S/C20H35NO4/c1-19(2,3)11-9-16(22)21-17(18(23)24-4)15-7-12-20(13-8-15)10-5-6-14-25-20/h15,17H,5-14H2,1-4H3,(H,21,22). The van der Waals surface area contributed by atoms with E-state index in [0.717, 1.165) is 51.6 Å². The minimum absolute atomic E-state index is 0.0195. The van der Waals surface area contributed by atoms with E-state index < -0.39 is 6.04 Å². The summed E-state index contributed by atoms with van der Waals surface area (Å²) in [6, 6.07) is -0.529. The molecule has 1 amide bonds. The summed E-state index contributed by atoms with van der Waals surface area (Å²) < 4.78 is 11.0. The number of carbonyl (C=O) groups excluding carboxylic acids is 2. The average Bonchev–Trinajstić information content (AvgIpc) is 2.58. The van der Waals surface area contributed by atoms with Crippen molar-refractivity contribution in [1.29, 1.82) is 0 Å². The van der Waals surface area contributed by atoms with E-state index in [0.29, 0.717) is 6.42 Å². The van der Waals surface area contributed by atoms with E-state index in [1.54, 1.807) is 0 Å². The Labute approximate surface area is 152 Å². The van der Waals surface area contributed by atoms with Crippen molar-refractivity contribution in [2.75, 3.05) is 13.7 Å². The fraction of sp³-hybridized carbons (Fsp3) is 0.900. The molecule has 1 heterocycles. The molecule has 0 aromatic heterocycles. The molecule has 1 N–H and O–H groups in total. The Morgan fingerprint density at radius 1 is 1.20 bits per heavy atom. The number of hydrogen-bond donors (Lipinski definition) is 1. The molecule has 1 saturated heterocycles. The highest BCUT2D eigenvalue weighted by molar-refractivity contribution is 5.84. The molecule has 0 aromatic carbocycles. The molecule has 2 fully saturated rings. The van der Waals surface area contributed by atoms with Crippen LogP contribution in [0.4, 0.5) is 0 Å². The maximum atomic E-state index is 12.3. The fourth-order valence-electron chi connectivity index (χ4n) is 4.03. The maximum Gasteiger partial charge on any atom is 0.328 e. The Balaban J connectivity index is 1.91. The highest BCUT2D eigenvalue weighted by Crippen LogP contribution is 2.41. The summed E-state index contributed by atoms with van der Waals surface area (Å²) in [5.74, 6) is -0.240. The van der Waals surface area contributed by atoms with Crippen LogP contribution in [0.1, 0.15) is 78.6 Å². The minimum atomic E-state index is -0.529. The summed E-state index contributed by atoms with van der Waals surface area (Å²) in [5, 5.41) is 2.95. The molecule has 1 aliphatic carbocycles. The van der Waals surface area contributed by atoms with Crippen LogP contribution < -0.4 is 5.32 Å². The van der Waals surface area contributed by atoms with Crippen molar-refractivity contribution in [2.24, 2.45) is 11.3 Å². The molecular formula is C20H35NO4. The molecule has 1 atom stereocenters. The van der Waals surface area contributed by atoms with Crippen molar-refractivity contribution in [2.45, 2.75) is 90.2 Å². The lowest BCUT2D eigenvalue weighted by Crippen LogP contribution is -2.50. The van der Waals surface area contributed by atoms with E-state index in [1.165, 1.54) is 13.5 Å². The van der Waals surface area contributed by atoms with Crippen LogP contribution in [0.5, 0.6) is 0 Å². The van der Waals surface area contributed by atoms with Crippen molar-refractivity contribution in [3.63, 3.8) is 0 Å². The Morgan fingerprint density at radius 2 is 1.88 bits per heavy atom. The van der Waals surface area contributed by atoms with E-state index in [2.05, 4.69) is 26.1 Å². The molecule has 5 nitrogen and oxygen atoms in total. The molecule has 0 aromatic rings. The van der Waals surface area contributed by atoms with E-state index in [-0.39, 0.29) is 28.8 Å². The Hall–Kier alpha value is -1.10. The number of rotatable bonds is 5. The van der Waals surface area contributed by atoms with Crippen LogP contribution in [0.15, 0.2) is 0 Å². The summed E-state index contributed by atoms with van der Waals surface area (Å²) in [5.41, 5.74) is 0.124. The number of hydrogen-bond acceptors (Lipinski definition) is 4. The number of methoxy groups -OCH3 is 1. The summed E-state index contributed by atoms with van der Waals surface area (Å²) >= 11 is 0. The van der Waals surface area contributed by atoms with Crippen LogP contribution >= 0.6 is 0 Å². The van der Waals surface area contributed by atoms with Crippen molar-refractivity contribution in [1.82, 2.24) is 5.32 Å². The lowest BCUT2D eigenvalue weighted by molar-refractivity contribution is -0.149. The van der Waals surface area contributed by atoms with E-state index >= 15 is 0 Å². The second-order valence-electron chi connectivity index (χ2n) is 8.96. The first kappa shape index (κ1) is 20.2. The second-order valence-corrected chi connectivity index (χ2v) is 8.96. The third-order valence-corrected chi connectivity index (χ3v) is 5.72. The molecule has 1 spiro atoms. The summed E-state index contributed by atoms with van der Waals surface area (Å²) in [4.78, 5) is 24.6. The third-order valence-electron chi connectivity index (χ3n) is 5.72. The van der Waals surface area contributed by atoms with E-state index in [9.17, 15) is 9.59 Å². The summed E-state index contributed by atoms with van der Waals surface area (Å²) in [7, 11) is 1.39. The molecule has 2 rings (SSSR count). The molecule has 144 valence electrons. The van der Waals surface area contributed by atoms with Crippen LogP contribution in [0.2, 0.25) is 0 Å². The van der Waals surface area contributed by atoms with Crippen molar-refractivity contribution < 1.29 is 19.1 Å². The Morgan fingerprint density at radius 3 is 2.40 bits per heavy atom. The predicted molar refractivity (Wildman–Crippen MR) is 97.1 cm³/mol. The minimum Gasteiger partial charge on any atom is -0.467 e. The first-order chi connectivity index (χ1) is 11.7. The van der Waals surface area contributed by atoms with Crippen LogP contribution in [0.25, 0.3) is 0 Å². The van der Waals surface area contributed by atoms with Gasteiger partial charge in [0.2, 0.25) is 5.91 Å². The van der Waals surface area contributed by atoms with Gasteiger partial charge in [-0.2, -0.15) is 0 Å². The zero-order chi connectivity index (χ0) is 18.5. The quantitative estimate of drug-likeness (QED) is 0.767. The molecule has 1 saturated carbocycles. The fourth-order valence-corrected chi connectivity index (χ4v) is 4.03. The van der Waals surface area contributed by atoms with Crippen molar-refractivity contribution in [3.05, 3.63) is 0 Å². The topological polar surface area (TPSA) is 64.6 Å². The first-order valence-corrected chi connectivity index (χ1v) is 9.76. The van der Waals surface area contributed by atoms with Gasteiger partial charge in [-0.3, -0.25) is 4.79 Å². The lowest BCUT2D eigenvalue weighted by atomic mass is 9.73. The normalized spacial score (nSPS) is 28.4. The highest BCUT2D eigenvalue weighted by Gasteiger charge is 2.41. The van der Waals surface area contributed by atoms with Crippen LogP contribution in [-0.2, 0) is 19.1 Å². The van der Waals surface area contributed by atoms with Gasteiger partial charge in [-0.15, -0.1) is 0 Å². The van der Waals surface area contributed by atoms with Crippen LogP contribution in [-0.4, -0.2) is 37.2 Å². The van der Waals surface area contributed by atoms with Gasteiger partial charge in [0.1, 0.15) is 6.04 Å². The van der Waals surface area contributed by atoms with Gasteiger partial charge in [-0.05, 0) is 62.7 Å². The Bertz CT molecular complexity index is 453. The summed E-state index contributed by atoms with van der Waals surface area (Å²) in [6.07, 6.45) is 8.50. The van der Waals surface area contributed by atoms with E-state index in [4.69, 9.17) is 9.47 Å².